The molecule has 3 rings (SSSR count). The summed E-state index contributed by atoms with van der Waals surface area (Å²) in [6.07, 6.45) is 1.36. The number of amides is 1. The molecular weight excluding hydrogens is 370 g/mol. The van der Waals surface area contributed by atoms with E-state index in [1.54, 1.807) is 31.2 Å². The molecule has 0 aliphatic rings. The summed E-state index contributed by atoms with van der Waals surface area (Å²) in [6, 6.07) is 15.4. The molecule has 1 aromatic heterocycles. The molecule has 0 atom stereocenters. The van der Waals surface area contributed by atoms with Crippen molar-refractivity contribution in [2.24, 2.45) is 0 Å². The highest BCUT2D eigenvalue weighted by atomic mass is 16.5. The molecule has 29 heavy (non-hydrogen) atoms. The number of benzene rings is 2. The lowest BCUT2D eigenvalue weighted by Gasteiger charge is -2.09. The molecule has 0 aliphatic heterocycles. The van der Waals surface area contributed by atoms with E-state index < -0.39 is 5.97 Å². The normalized spacial score (nSPS) is 10.4. The minimum atomic E-state index is -0.420. The van der Waals surface area contributed by atoms with Crippen LogP contribution < -0.4 is 10.9 Å². The van der Waals surface area contributed by atoms with Crippen LogP contribution in [-0.4, -0.2) is 28.0 Å². The molecule has 0 saturated carbocycles. The Labute approximate surface area is 168 Å². The van der Waals surface area contributed by atoms with E-state index in [0.29, 0.717) is 23.6 Å². The Bertz CT molecular complexity index is 1070. The van der Waals surface area contributed by atoms with Crippen molar-refractivity contribution in [3.8, 4) is 11.3 Å². The summed E-state index contributed by atoms with van der Waals surface area (Å²) in [7, 11) is 0. The van der Waals surface area contributed by atoms with Gasteiger partial charge in [-0.15, -0.1) is 0 Å². The van der Waals surface area contributed by atoms with Crippen molar-refractivity contribution >= 4 is 17.6 Å². The Morgan fingerprint density at radius 2 is 1.76 bits per heavy atom. The molecule has 0 bridgehead atoms. The summed E-state index contributed by atoms with van der Waals surface area (Å²) in [4.78, 5) is 40.5. The maximum absolute atomic E-state index is 12.3. The Balaban J connectivity index is 1.65. The van der Waals surface area contributed by atoms with E-state index in [9.17, 15) is 14.4 Å². The molecule has 7 heteroatoms. The lowest BCUT2D eigenvalue weighted by molar-refractivity contribution is -0.116. The quantitative estimate of drug-likeness (QED) is 0.652. The van der Waals surface area contributed by atoms with Gasteiger partial charge in [0.2, 0.25) is 5.91 Å². The molecule has 1 amide bonds. The fourth-order valence-corrected chi connectivity index (χ4v) is 2.69. The van der Waals surface area contributed by atoms with Crippen molar-refractivity contribution in [1.82, 2.24) is 9.55 Å². The second-order valence-electron chi connectivity index (χ2n) is 6.45. The number of rotatable bonds is 6. The fraction of sp³-hybridized carbons (Fsp3) is 0.182. The predicted molar refractivity (Wildman–Crippen MR) is 110 cm³/mol. The lowest BCUT2D eigenvalue weighted by atomic mass is 10.1. The van der Waals surface area contributed by atoms with Crippen LogP contribution in [0.4, 0.5) is 5.69 Å². The fourth-order valence-electron chi connectivity index (χ4n) is 2.69. The highest BCUT2D eigenvalue weighted by Gasteiger charge is 2.09. The van der Waals surface area contributed by atoms with Crippen LogP contribution in [-0.2, 0) is 16.1 Å². The zero-order valence-electron chi connectivity index (χ0n) is 16.2. The number of esters is 1. The van der Waals surface area contributed by atoms with Gasteiger partial charge in [0.1, 0.15) is 6.54 Å². The summed E-state index contributed by atoms with van der Waals surface area (Å²) in [5, 5.41) is 2.69. The van der Waals surface area contributed by atoms with Gasteiger partial charge in [-0.3, -0.25) is 14.2 Å². The van der Waals surface area contributed by atoms with Crippen LogP contribution in [0.25, 0.3) is 11.3 Å². The number of nitrogens with one attached hydrogen (secondary N) is 1. The molecule has 2 aromatic carbocycles. The lowest BCUT2D eigenvalue weighted by Crippen LogP contribution is -2.27. The minimum absolute atomic E-state index is 0.167. The molecule has 3 aromatic rings. The van der Waals surface area contributed by atoms with Gasteiger partial charge in [0, 0.05) is 17.3 Å². The molecule has 0 radical (unpaired) electrons. The average Bonchev–Trinajstić information content (AvgIpc) is 2.71. The number of ether oxygens (including phenoxy) is 1. The van der Waals surface area contributed by atoms with E-state index >= 15 is 0 Å². The third-order valence-electron chi connectivity index (χ3n) is 4.22. The van der Waals surface area contributed by atoms with Crippen LogP contribution >= 0.6 is 0 Å². The Kier molecular flexibility index (Phi) is 6.19. The van der Waals surface area contributed by atoms with Crippen LogP contribution in [0, 0.1) is 6.92 Å². The van der Waals surface area contributed by atoms with E-state index in [0.717, 1.165) is 11.1 Å². The minimum Gasteiger partial charge on any atom is -0.462 e. The Hall–Kier alpha value is -3.74. The standard InChI is InChI=1S/C22H21N3O4/c1-3-29-22(28)17-8-10-18(11-9-17)24-20(26)13-25-14-23-19(12-21(25)27)16-6-4-15(2)5-7-16/h4-12,14H,3,13H2,1-2H3,(H,24,26). The summed E-state index contributed by atoms with van der Waals surface area (Å²) in [5.41, 5.74) is 3.11. The van der Waals surface area contributed by atoms with Crippen molar-refractivity contribution in [2.45, 2.75) is 20.4 Å². The number of aromatic nitrogens is 2. The third-order valence-corrected chi connectivity index (χ3v) is 4.22. The molecular formula is C22H21N3O4. The first-order chi connectivity index (χ1) is 14.0. The summed E-state index contributed by atoms with van der Waals surface area (Å²) < 4.78 is 6.15. The van der Waals surface area contributed by atoms with Crippen LogP contribution in [0.2, 0.25) is 0 Å². The number of hydrogen-bond donors (Lipinski definition) is 1. The monoisotopic (exact) mass is 391 g/mol. The molecule has 0 fully saturated rings. The molecule has 0 unspecified atom stereocenters. The number of nitrogens with zero attached hydrogens (tertiary/aromatic N) is 2. The molecule has 1 N–H and O–H groups in total. The van der Waals surface area contributed by atoms with Gasteiger partial charge in [0.25, 0.3) is 5.56 Å². The van der Waals surface area contributed by atoms with E-state index in [4.69, 9.17) is 4.74 Å². The zero-order chi connectivity index (χ0) is 20.8. The van der Waals surface area contributed by atoms with Crippen molar-refractivity contribution in [2.75, 3.05) is 11.9 Å². The highest BCUT2D eigenvalue weighted by Crippen LogP contribution is 2.15. The molecule has 148 valence electrons. The van der Waals surface area contributed by atoms with Gasteiger partial charge in [-0.05, 0) is 38.1 Å². The number of hydrogen-bond acceptors (Lipinski definition) is 5. The number of anilines is 1. The van der Waals surface area contributed by atoms with Crippen LogP contribution in [0.3, 0.4) is 0 Å². The maximum Gasteiger partial charge on any atom is 0.338 e. The van der Waals surface area contributed by atoms with Crippen molar-refractivity contribution in [3.63, 3.8) is 0 Å². The van der Waals surface area contributed by atoms with E-state index in [1.807, 2.05) is 31.2 Å². The van der Waals surface area contributed by atoms with E-state index in [-0.39, 0.29) is 18.0 Å². The van der Waals surface area contributed by atoms with E-state index in [1.165, 1.54) is 17.0 Å². The number of carbonyl (C=O) groups is 2. The van der Waals surface area contributed by atoms with Gasteiger partial charge >= 0.3 is 5.97 Å². The number of aryl methyl sites for hydroxylation is 1. The summed E-state index contributed by atoms with van der Waals surface area (Å²) in [5.74, 6) is -0.794. The van der Waals surface area contributed by atoms with Crippen molar-refractivity contribution in [3.05, 3.63) is 82.4 Å². The molecule has 1 heterocycles. The third kappa shape index (κ3) is 5.16. The summed E-state index contributed by atoms with van der Waals surface area (Å²) in [6.45, 7) is 3.84. The SMILES string of the molecule is CCOC(=O)c1ccc(NC(=O)Cn2cnc(-c3ccc(C)cc3)cc2=O)cc1. The highest BCUT2D eigenvalue weighted by molar-refractivity contribution is 5.93. The topological polar surface area (TPSA) is 90.3 Å². The zero-order valence-corrected chi connectivity index (χ0v) is 16.2. The second-order valence-corrected chi connectivity index (χ2v) is 6.45. The second kappa shape index (κ2) is 8.97. The molecule has 7 nitrogen and oxygen atoms in total. The smallest absolute Gasteiger partial charge is 0.338 e. The first-order valence-corrected chi connectivity index (χ1v) is 9.17. The predicted octanol–water partition coefficient (Wildman–Crippen LogP) is 3.03. The van der Waals surface area contributed by atoms with Gasteiger partial charge in [-0.2, -0.15) is 0 Å². The first kappa shape index (κ1) is 20.0. The summed E-state index contributed by atoms with van der Waals surface area (Å²) >= 11 is 0. The average molecular weight is 391 g/mol. The van der Waals surface area contributed by atoms with Gasteiger partial charge < -0.3 is 10.1 Å². The Morgan fingerprint density at radius 3 is 2.38 bits per heavy atom. The van der Waals surface area contributed by atoms with Gasteiger partial charge in [-0.1, -0.05) is 29.8 Å². The Morgan fingerprint density at radius 1 is 1.07 bits per heavy atom. The molecule has 0 aliphatic carbocycles. The van der Waals surface area contributed by atoms with Crippen LogP contribution in [0.1, 0.15) is 22.8 Å². The first-order valence-electron chi connectivity index (χ1n) is 9.17. The van der Waals surface area contributed by atoms with Gasteiger partial charge in [0.05, 0.1) is 24.2 Å². The van der Waals surface area contributed by atoms with Crippen molar-refractivity contribution < 1.29 is 14.3 Å². The molecule has 0 saturated heterocycles. The van der Waals surface area contributed by atoms with E-state index in [2.05, 4.69) is 10.3 Å². The van der Waals surface area contributed by atoms with Gasteiger partial charge in [0.15, 0.2) is 0 Å². The van der Waals surface area contributed by atoms with Crippen molar-refractivity contribution in [1.29, 1.82) is 0 Å². The van der Waals surface area contributed by atoms with Crippen LogP contribution in [0.15, 0.2) is 65.7 Å². The van der Waals surface area contributed by atoms with Gasteiger partial charge in [-0.25, -0.2) is 9.78 Å². The maximum atomic E-state index is 12.3. The van der Waals surface area contributed by atoms with Crippen LogP contribution in [0.5, 0.6) is 0 Å². The largest absolute Gasteiger partial charge is 0.462 e. The number of carbonyl (C=O) groups excluding carboxylic acids is 2. The molecule has 0 spiro atoms.